The zero-order valence-electron chi connectivity index (χ0n) is 15.2. The molecule has 0 bridgehead atoms. The molecule has 0 aliphatic carbocycles. The van der Waals surface area contributed by atoms with E-state index in [1.165, 1.54) is 29.3 Å². The van der Waals surface area contributed by atoms with E-state index in [0.717, 1.165) is 0 Å². The molecule has 0 fully saturated rings. The first-order valence-corrected chi connectivity index (χ1v) is 9.40. The van der Waals surface area contributed by atoms with Gasteiger partial charge in [0, 0.05) is 17.9 Å². The highest BCUT2D eigenvalue weighted by Gasteiger charge is 2.13. The minimum absolute atomic E-state index is 0.134. The van der Waals surface area contributed by atoms with Gasteiger partial charge in [0.05, 0.1) is 12.2 Å². The monoisotopic (exact) mass is 409 g/mol. The summed E-state index contributed by atoms with van der Waals surface area (Å²) in [4.78, 5) is 28.0. The highest BCUT2D eigenvalue weighted by Crippen LogP contribution is 2.27. The Bertz CT molecular complexity index is 1150. The molecule has 4 rings (SSSR count). The van der Waals surface area contributed by atoms with Crippen LogP contribution in [0.15, 0.2) is 52.5 Å². The maximum atomic E-state index is 12.6. The molecule has 29 heavy (non-hydrogen) atoms. The van der Waals surface area contributed by atoms with Gasteiger partial charge in [-0.1, -0.05) is 6.07 Å². The second-order valence-corrected chi connectivity index (χ2v) is 6.83. The number of carbonyl (C=O) groups is 2. The Hall–Kier alpha value is -3.86. The van der Waals surface area contributed by atoms with Crippen LogP contribution in [0.4, 0.5) is 5.13 Å². The summed E-state index contributed by atoms with van der Waals surface area (Å²) >= 11 is 1.29. The quantitative estimate of drug-likeness (QED) is 0.500. The van der Waals surface area contributed by atoms with Crippen LogP contribution in [0.3, 0.4) is 0 Å². The summed E-state index contributed by atoms with van der Waals surface area (Å²) in [6.45, 7) is 1.75. The number of anilines is 1. The normalized spacial score (nSPS) is 10.7. The molecule has 0 radical (unpaired) electrons. The summed E-state index contributed by atoms with van der Waals surface area (Å²) in [5.41, 5.74) is 1.72. The van der Waals surface area contributed by atoms with Gasteiger partial charge in [-0.15, -0.1) is 16.4 Å². The van der Waals surface area contributed by atoms with E-state index in [1.807, 2.05) is 0 Å². The Balaban J connectivity index is 1.45. The van der Waals surface area contributed by atoms with Crippen LogP contribution in [-0.4, -0.2) is 37.0 Å². The minimum atomic E-state index is -0.299. The van der Waals surface area contributed by atoms with Gasteiger partial charge in [-0.05, 0) is 40.8 Å². The molecule has 3 heterocycles. The third kappa shape index (κ3) is 4.35. The molecule has 146 valence electrons. The first-order valence-electron chi connectivity index (χ1n) is 8.52. The van der Waals surface area contributed by atoms with Gasteiger partial charge in [0.15, 0.2) is 10.9 Å². The summed E-state index contributed by atoms with van der Waals surface area (Å²) < 4.78 is 7.14. The fourth-order valence-corrected chi connectivity index (χ4v) is 3.20. The second-order valence-electron chi connectivity index (χ2n) is 5.97. The fourth-order valence-electron chi connectivity index (χ4n) is 2.51. The van der Waals surface area contributed by atoms with Crippen molar-refractivity contribution in [2.45, 2.75) is 13.5 Å². The number of carbonyl (C=O) groups excluding carboxylic acids is 2. The molecule has 3 aromatic heterocycles. The van der Waals surface area contributed by atoms with Crippen molar-refractivity contribution in [1.29, 1.82) is 0 Å². The van der Waals surface area contributed by atoms with Gasteiger partial charge in [0.25, 0.3) is 5.91 Å². The van der Waals surface area contributed by atoms with Crippen LogP contribution < -0.4 is 10.6 Å². The Morgan fingerprint density at radius 1 is 1.24 bits per heavy atom. The summed E-state index contributed by atoms with van der Waals surface area (Å²) in [6.07, 6.45) is 1.45. The van der Waals surface area contributed by atoms with E-state index in [2.05, 4.69) is 31.1 Å². The van der Waals surface area contributed by atoms with Crippen LogP contribution in [0.25, 0.3) is 17.1 Å². The van der Waals surface area contributed by atoms with Crippen molar-refractivity contribution in [2.24, 2.45) is 0 Å². The van der Waals surface area contributed by atoms with Crippen LogP contribution in [0.5, 0.6) is 0 Å². The van der Waals surface area contributed by atoms with E-state index in [-0.39, 0.29) is 11.8 Å². The van der Waals surface area contributed by atoms with E-state index in [4.69, 9.17) is 4.42 Å². The van der Waals surface area contributed by atoms with Crippen molar-refractivity contribution in [2.75, 3.05) is 5.32 Å². The number of nitrogens with one attached hydrogen (secondary N) is 2. The average molecular weight is 409 g/mol. The molecule has 2 amide bonds. The van der Waals surface area contributed by atoms with Gasteiger partial charge >= 0.3 is 0 Å². The summed E-state index contributed by atoms with van der Waals surface area (Å²) in [5.74, 6) is 0.744. The molecule has 11 heteroatoms. The number of furan rings is 1. The van der Waals surface area contributed by atoms with Gasteiger partial charge in [-0.25, -0.2) is 9.67 Å². The van der Waals surface area contributed by atoms with E-state index < -0.39 is 0 Å². The molecule has 4 aromatic rings. The SMILES string of the molecule is CC(=O)NCc1ccc(-c2csc(NC(=O)c3cccc(-n4cnnn4)c3)n2)o1. The molecular weight excluding hydrogens is 394 g/mol. The van der Waals surface area contributed by atoms with E-state index >= 15 is 0 Å². The number of rotatable bonds is 6. The Labute approximate surface area is 168 Å². The zero-order chi connectivity index (χ0) is 20.2. The molecule has 2 N–H and O–H groups in total. The Kier molecular flexibility index (Phi) is 5.12. The number of benzene rings is 1. The molecular formula is C18H15N7O3S. The van der Waals surface area contributed by atoms with E-state index in [9.17, 15) is 9.59 Å². The third-order valence-corrected chi connectivity index (χ3v) is 4.63. The highest BCUT2D eigenvalue weighted by atomic mass is 32.1. The minimum Gasteiger partial charge on any atom is -0.458 e. The molecule has 10 nitrogen and oxygen atoms in total. The van der Waals surface area contributed by atoms with Crippen molar-refractivity contribution in [3.63, 3.8) is 0 Å². The van der Waals surface area contributed by atoms with Gasteiger partial charge < -0.3 is 9.73 Å². The van der Waals surface area contributed by atoms with Crippen molar-refractivity contribution in [1.82, 2.24) is 30.5 Å². The standard InChI is InChI=1S/C18H15N7O3S/c1-11(26)19-8-14-5-6-16(28-14)15-9-29-18(21-15)22-17(27)12-3-2-4-13(7-12)25-10-20-23-24-25/h2-7,9-10H,8H2,1H3,(H,19,26)(H,21,22,27). The Morgan fingerprint density at radius 2 is 2.14 bits per heavy atom. The molecule has 0 saturated heterocycles. The van der Waals surface area contributed by atoms with Crippen LogP contribution in [0, 0.1) is 0 Å². The van der Waals surface area contributed by atoms with Crippen LogP contribution in [-0.2, 0) is 11.3 Å². The number of hydrogen-bond donors (Lipinski definition) is 2. The van der Waals surface area contributed by atoms with Gasteiger partial charge in [-0.2, -0.15) is 0 Å². The molecule has 0 spiro atoms. The van der Waals surface area contributed by atoms with Crippen molar-refractivity contribution >= 4 is 28.3 Å². The molecule has 0 aliphatic heterocycles. The summed E-state index contributed by atoms with van der Waals surface area (Å²) in [6, 6.07) is 10.5. The number of amides is 2. The van der Waals surface area contributed by atoms with Gasteiger partial charge in [-0.3, -0.25) is 14.9 Å². The van der Waals surface area contributed by atoms with Crippen LogP contribution in [0.1, 0.15) is 23.0 Å². The van der Waals surface area contributed by atoms with E-state index in [1.54, 1.807) is 41.8 Å². The van der Waals surface area contributed by atoms with Crippen molar-refractivity contribution < 1.29 is 14.0 Å². The molecule has 0 unspecified atom stereocenters. The lowest BCUT2D eigenvalue weighted by Gasteiger charge is -2.04. The molecule has 0 saturated carbocycles. The number of thiazole rings is 1. The number of hydrogen-bond acceptors (Lipinski definition) is 8. The highest BCUT2D eigenvalue weighted by molar-refractivity contribution is 7.14. The van der Waals surface area contributed by atoms with Crippen molar-refractivity contribution in [3.8, 4) is 17.1 Å². The summed E-state index contributed by atoms with van der Waals surface area (Å²) in [7, 11) is 0. The van der Waals surface area contributed by atoms with Gasteiger partial charge in [0.1, 0.15) is 17.8 Å². The first kappa shape index (κ1) is 18.5. The lowest BCUT2D eigenvalue weighted by molar-refractivity contribution is -0.119. The van der Waals surface area contributed by atoms with Crippen LogP contribution in [0.2, 0.25) is 0 Å². The fraction of sp³-hybridized carbons (Fsp3) is 0.111. The average Bonchev–Trinajstić information content (AvgIpc) is 3.47. The lowest BCUT2D eigenvalue weighted by atomic mass is 10.2. The third-order valence-electron chi connectivity index (χ3n) is 3.87. The first-order chi connectivity index (χ1) is 14.1. The van der Waals surface area contributed by atoms with Crippen LogP contribution >= 0.6 is 11.3 Å². The zero-order valence-corrected chi connectivity index (χ0v) is 16.0. The number of tetrazole rings is 1. The predicted molar refractivity (Wildman–Crippen MR) is 104 cm³/mol. The number of nitrogens with zero attached hydrogens (tertiary/aromatic N) is 5. The molecule has 0 atom stereocenters. The smallest absolute Gasteiger partial charge is 0.257 e. The van der Waals surface area contributed by atoms with Crippen molar-refractivity contribution in [3.05, 3.63) is 59.4 Å². The van der Waals surface area contributed by atoms with Gasteiger partial charge in [0.2, 0.25) is 5.91 Å². The second kappa shape index (κ2) is 8.02. The predicted octanol–water partition coefficient (Wildman–Crippen LogP) is 2.27. The number of aromatic nitrogens is 5. The molecule has 1 aromatic carbocycles. The molecule has 0 aliphatic rings. The largest absolute Gasteiger partial charge is 0.458 e. The Morgan fingerprint density at radius 3 is 2.93 bits per heavy atom. The maximum absolute atomic E-state index is 12.6. The maximum Gasteiger partial charge on any atom is 0.257 e. The van der Waals surface area contributed by atoms with E-state index in [0.29, 0.717) is 40.1 Å². The topological polar surface area (TPSA) is 128 Å². The lowest BCUT2D eigenvalue weighted by Crippen LogP contribution is -2.18. The summed E-state index contributed by atoms with van der Waals surface area (Å²) in [5, 5.41) is 18.7.